The first kappa shape index (κ1) is 11.0. The van der Waals surface area contributed by atoms with Crippen LogP contribution in [-0.4, -0.2) is 42.7 Å². The molecule has 1 aromatic carbocycles. The van der Waals surface area contributed by atoms with Crippen LogP contribution >= 0.6 is 0 Å². The van der Waals surface area contributed by atoms with Gasteiger partial charge in [0.1, 0.15) is 12.4 Å². The van der Waals surface area contributed by atoms with E-state index in [1.54, 1.807) is 12.1 Å². The highest BCUT2D eigenvalue weighted by molar-refractivity contribution is 5.90. The van der Waals surface area contributed by atoms with Gasteiger partial charge in [-0.15, -0.1) is 0 Å². The van der Waals surface area contributed by atoms with Crippen molar-refractivity contribution in [2.24, 2.45) is 0 Å². The molecule has 0 fully saturated rings. The Bertz CT molecular complexity index is 415. The Labute approximate surface area is 94.4 Å². The van der Waals surface area contributed by atoms with Crippen LogP contribution in [0.15, 0.2) is 18.2 Å². The fourth-order valence-electron chi connectivity index (χ4n) is 1.92. The number of carbonyl (C=O) groups is 1. The summed E-state index contributed by atoms with van der Waals surface area (Å²) in [6.45, 7) is 0.614. The third-order valence-corrected chi connectivity index (χ3v) is 2.96. The van der Waals surface area contributed by atoms with Crippen molar-refractivity contribution in [3.63, 3.8) is 0 Å². The Kier molecular flexibility index (Phi) is 2.83. The Morgan fingerprint density at radius 3 is 2.88 bits per heavy atom. The maximum atomic E-state index is 11.1. The molecule has 1 aliphatic heterocycles. The van der Waals surface area contributed by atoms with Gasteiger partial charge < -0.3 is 14.7 Å². The lowest BCUT2D eigenvalue weighted by atomic mass is 9.97. The van der Waals surface area contributed by atoms with Crippen LogP contribution in [0.5, 0.6) is 5.75 Å². The van der Waals surface area contributed by atoms with Crippen molar-refractivity contribution in [3.8, 4) is 5.75 Å². The van der Waals surface area contributed by atoms with Crippen LogP contribution in [0.1, 0.15) is 15.9 Å². The number of rotatable bonds is 2. The highest BCUT2D eigenvalue weighted by atomic mass is 16.5. The van der Waals surface area contributed by atoms with Gasteiger partial charge in [0, 0.05) is 11.6 Å². The lowest BCUT2D eigenvalue weighted by Gasteiger charge is -2.30. The number of likely N-dealkylation sites (N-methyl/N-ethyl adjacent to an activating group) is 1. The summed E-state index contributed by atoms with van der Waals surface area (Å²) in [4.78, 5) is 13.1. The van der Waals surface area contributed by atoms with Gasteiger partial charge in [-0.25, -0.2) is 4.79 Å². The monoisotopic (exact) mass is 221 g/mol. The summed E-state index contributed by atoms with van der Waals surface area (Å²) in [7, 11) is 3.95. The second-order valence-electron chi connectivity index (χ2n) is 4.22. The molecule has 0 spiro atoms. The average molecular weight is 221 g/mol. The van der Waals surface area contributed by atoms with Crippen molar-refractivity contribution in [2.45, 2.75) is 12.5 Å². The molecule has 4 heteroatoms. The molecule has 0 bridgehead atoms. The van der Waals surface area contributed by atoms with E-state index in [1.807, 2.05) is 20.2 Å². The van der Waals surface area contributed by atoms with Gasteiger partial charge in [-0.1, -0.05) is 6.07 Å². The standard InChI is InChI=1S/C12H15NO3/c1-13(2)8-6-10-9(12(14)15)4-3-5-11(10)16-7-8/h3-5,8H,6-7H2,1-2H3,(H,14,15). The topological polar surface area (TPSA) is 49.8 Å². The number of carboxylic acid groups (broad SMARTS) is 1. The van der Waals surface area contributed by atoms with Crippen molar-refractivity contribution in [2.75, 3.05) is 20.7 Å². The first-order chi connectivity index (χ1) is 7.59. The summed E-state index contributed by atoms with van der Waals surface area (Å²) in [6.07, 6.45) is 0.727. The van der Waals surface area contributed by atoms with Crippen LogP contribution in [-0.2, 0) is 6.42 Å². The van der Waals surface area contributed by atoms with E-state index < -0.39 is 5.97 Å². The van der Waals surface area contributed by atoms with Crippen LogP contribution in [0.3, 0.4) is 0 Å². The molecule has 0 radical (unpaired) electrons. The number of ether oxygens (including phenoxy) is 1. The summed E-state index contributed by atoms with van der Waals surface area (Å²) in [5.41, 5.74) is 1.16. The van der Waals surface area contributed by atoms with Gasteiger partial charge in [-0.2, -0.15) is 0 Å². The number of benzene rings is 1. The second-order valence-corrected chi connectivity index (χ2v) is 4.22. The van der Waals surface area contributed by atoms with Crippen molar-refractivity contribution in [1.29, 1.82) is 0 Å². The molecular weight excluding hydrogens is 206 g/mol. The number of hydrogen-bond donors (Lipinski definition) is 1. The third kappa shape index (κ3) is 1.88. The normalized spacial score (nSPS) is 19.1. The van der Waals surface area contributed by atoms with Crippen molar-refractivity contribution in [3.05, 3.63) is 29.3 Å². The van der Waals surface area contributed by atoms with Gasteiger partial charge in [0.2, 0.25) is 0 Å². The van der Waals surface area contributed by atoms with E-state index in [-0.39, 0.29) is 6.04 Å². The van der Waals surface area contributed by atoms with E-state index in [0.29, 0.717) is 17.9 Å². The fourth-order valence-corrected chi connectivity index (χ4v) is 1.92. The minimum absolute atomic E-state index is 0.244. The number of carboxylic acids is 1. The smallest absolute Gasteiger partial charge is 0.336 e. The van der Waals surface area contributed by atoms with E-state index in [4.69, 9.17) is 9.84 Å². The van der Waals surface area contributed by atoms with Gasteiger partial charge in [-0.05, 0) is 32.6 Å². The Balaban J connectivity index is 2.38. The van der Waals surface area contributed by atoms with Crippen molar-refractivity contribution in [1.82, 2.24) is 4.90 Å². The number of hydrogen-bond acceptors (Lipinski definition) is 3. The zero-order valence-electron chi connectivity index (χ0n) is 9.43. The first-order valence-corrected chi connectivity index (χ1v) is 5.24. The van der Waals surface area contributed by atoms with E-state index in [9.17, 15) is 4.79 Å². The zero-order valence-corrected chi connectivity index (χ0v) is 9.43. The number of nitrogens with zero attached hydrogens (tertiary/aromatic N) is 1. The lowest BCUT2D eigenvalue weighted by Crippen LogP contribution is -2.38. The molecule has 86 valence electrons. The predicted octanol–water partition coefficient (Wildman–Crippen LogP) is 1.25. The molecule has 16 heavy (non-hydrogen) atoms. The molecule has 1 aliphatic rings. The maximum absolute atomic E-state index is 11.1. The van der Waals surface area contributed by atoms with E-state index in [2.05, 4.69) is 4.90 Å². The summed E-state index contributed by atoms with van der Waals surface area (Å²) in [5.74, 6) is -0.183. The van der Waals surface area contributed by atoms with Crippen molar-refractivity contribution < 1.29 is 14.6 Å². The molecule has 1 heterocycles. The molecule has 0 aliphatic carbocycles. The molecule has 1 unspecified atom stereocenters. The minimum atomic E-state index is -0.889. The molecule has 2 rings (SSSR count). The quantitative estimate of drug-likeness (QED) is 0.816. The molecule has 1 N–H and O–H groups in total. The van der Waals surface area contributed by atoms with E-state index in [1.165, 1.54) is 0 Å². The first-order valence-electron chi connectivity index (χ1n) is 5.24. The highest BCUT2D eigenvalue weighted by Gasteiger charge is 2.25. The fraction of sp³-hybridized carbons (Fsp3) is 0.417. The lowest BCUT2D eigenvalue weighted by molar-refractivity contribution is 0.0692. The number of fused-ring (bicyclic) bond motifs is 1. The zero-order chi connectivity index (χ0) is 11.7. The third-order valence-electron chi connectivity index (χ3n) is 2.96. The summed E-state index contributed by atoms with van der Waals surface area (Å²) in [5, 5.41) is 9.10. The Hall–Kier alpha value is -1.55. The summed E-state index contributed by atoms with van der Waals surface area (Å²) >= 11 is 0. The Morgan fingerprint density at radius 1 is 1.50 bits per heavy atom. The Morgan fingerprint density at radius 2 is 2.25 bits per heavy atom. The van der Waals surface area contributed by atoms with E-state index >= 15 is 0 Å². The molecule has 4 nitrogen and oxygen atoms in total. The van der Waals surface area contributed by atoms with Crippen LogP contribution in [0.25, 0.3) is 0 Å². The molecule has 0 aromatic heterocycles. The molecule has 0 saturated carbocycles. The molecule has 1 atom stereocenters. The minimum Gasteiger partial charge on any atom is -0.492 e. The van der Waals surface area contributed by atoms with Gasteiger partial charge >= 0.3 is 5.97 Å². The second kappa shape index (κ2) is 4.14. The SMILES string of the molecule is CN(C)C1COc2cccc(C(=O)O)c2C1. The average Bonchev–Trinajstić information content (AvgIpc) is 2.27. The van der Waals surface area contributed by atoms with Crippen LogP contribution < -0.4 is 4.74 Å². The highest BCUT2D eigenvalue weighted by Crippen LogP contribution is 2.28. The van der Waals surface area contributed by atoms with Crippen LogP contribution in [0, 0.1) is 0 Å². The van der Waals surface area contributed by atoms with Crippen molar-refractivity contribution >= 4 is 5.97 Å². The van der Waals surface area contributed by atoms with Crippen LogP contribution in [0.4, 0.5) is 0 Å². The van der Waals surface area contributed by atoms with Crippen LogP contribution in [0.2, 0.25) is 0 Å². The molecule has 1 aromatic rings. The van der Waals surface area contributed by atoms with Gasteiger partial charge in [0.15, 0.2) is 0 Å². The van der Waals surface area contributed by atoms with Gasteiger partial charge in [0.25, 0.3) is 0 Å². The van der Waals surface area contributed by atoms with Gasteiger partial charge in [0.05, 0.1) is 5.56 Å². The number of aromatic carboxylic acids is 1. The summed E-state index contributed by atoms with van der Waals surface area (Å²) < 4.78 is 5.58. The summed E-state index contributed by atoms with van der Waals surface area (Å²) in [6, 6.07) is 5.42. The molecule has 0 saturated heterocycles. The molecular formula is C12H15NO3. The predicted molar refractivity (Wildman–Crippen MR) is 60.1 cm³/mol. The molecule has 0 amide bonds. The van der Waals surface area contributed by atoms with E-state index in [0.717, 1.165) is 12.0 Å². The largest absolute Gasteiger partial charge is 0.492 e. The van der Waals surface area contributed by atoms with Gasteiger partial charge in [-0.3, -0.25) is 0 Å². The maximum Gasteiger partial charge on any atom is 0.336 e.